The highest BCUT2D eigenvalue weighted by molar-refractivity contribution is 7.89. The smallest absolute Gasteiger partial charge is 0.247 e. The number of sulfonamides is 1. The Morgan fingerprint density at radius 3 is 2.90 bits per heavy atom. The zero-order valence-corrected chi connectivity index (χ0v) is 17.6. The number of halogens is 2. The van der Waals surface area contributed by atoms with Gasteiger partial charge in [-0.3, -0.25) is 9.48 Å². The molecular weight excluding hydrogens is 441 g/mol. The van der Waals surface area contributed by atoms with Gasteiger partial charge in [0.05, 0.1) is 27.8 Å². The van der Waals surface area contributed by atoms with Crippen LogP contribution in [0.15, 0.2) is 34.8 Å². The predicted molar refractivity (Wildman–Crippen MR) is 108 cm³/mol. The summed E-state index contributed by atoms with van der Waals surface area (Å²) in [6.45, 7) is -0.409. The van der Waals surface area contributed by atoms with Crippen molar-refractivity contribution in [2.75, 3.05) is 18.4 Å². The average molecular weight is 458 g/mol. The molecule has 0 bridgehead atoms. The summed E-state index contributed by atoms with van der Waals surface area (Å²) in [5, 5.41) is 6.48. The van der Waals surface area contributed by atoms with E-state index in [-0.39, 0.29) is 23.0 Å². The molecule has 154 valence electrons. The van der Waals surface area contributed by atoms with Gasteiger partial charge >= 0.3 is 0 Å². The molecule has 0 aliphatic carbocycles. The number of amides is 1. The van der Waals surface area contributed by atoms with Crippen LogP contribution in [0.1, 0.15) is 6.42 Å². The van der Waals surface area contributed by atoms with Gasteiger partial charge in [-0.25, -0.2) is 17.8 Å². The Morgan fingerprint density at radius 2 is 2.21 bits per heavy atom. The van der Waals surface area contributed by atoms with Gasteiger partial charge in [0.1, 0.15) is 16.2 Å². The first kappa shape index (κ1) is 20.2. The molecule has 1 aliphatic rings. The van der Waals surface area contributed by atoms with Crippen LogP contribution in [0.4, 0.5) is 10.1 Å². The highest BCUT2D eigenvalue weighted by Gasteiger charge is 2.40. The van der Waals surface area contributed by atoms with Gasteiger partial charge in [0.15, 0.2) is 0 Å². The van der Waals surface area contributed by atoms with E-state index >= 15 is 0 Å². The largest absolute Gasteiger partial charge is 0.326 e. The number of rotatable bonds is 4. The quantitative estimate of drug-likeness (QED) is 0.649. The van der Waals surface area contributed by atoms with Gasteiger partial charge in [-0.1, -0.05) is 11.6 Å². The molecule has 3 aromatic rings. The summed E-state index contributed by atoms with van der Waals surface area (Å²) in [6.07, 6.45) is -0.446. The topological polar surface area (TPSA) is 97.2 Å². The van der Waals surface area contributed by atoms with E-state index in [2.05, 4.69) is 15.4 Å². The number of carbonyl (C=O) groups is 1. The molecule has 0 saturated carbocycles. The van der Waals surface area contributed by atoms with E-state index in [9.17, 15) is 17.6 Å². The summed E-state index contributed by atoms with van der Waals surface area (Å²) in [7, 11) is -2.48. The van der Waals surface area contributed by atoms with Crippen molar-refractivity contribution in [3.63, 3.8) is 0 Å². The number of piperidine rings is 1. The Balaban J connectivity index is 1.45. The van der Waals surface area contributed by atoms with Gasteiger partial charge in [-0.05, 0) is 24.6 Å². The van der Waals surface area contributed by atoms with Crippen LogP contribution in [0.25, 0.3) is 10.2 Å². The van der Waals surface area contributed by atoms with Crippen LogP contribution in [-0.4, -0.2) is 52.7 Å². The summed E-state index contributed by atoms with van der Waals surface area (Å²) in [6, 6.07) is 5.29. The third-order valence-corrected chi connectivity index (χ3v) is 8.13. The third kappa shape index (κ3) is 3.75. The van der Waals surface area contributed by atoms with Crippen molar-refractivity contribution in [1.29, 1.82) is 0 Å². The lowest BCUT2D eigenvalue weighted by molar-refractivity contribution is -0.123. The van der Waals surface area contributed by atoms with Gasteiger partial charge in [-0.15, -0.1) is 11.3 Å². The molecule has 4 rings (SSSR count). The van der Waals surface area contributed by atoms with Crippen LogP contribution >= 0.6 is 22.9 Å². The molecule has 2 atom stereocenters. The Kier molecular flexibility index (Phi) is 5.32. The molecule has 29 heavy (non-hydrogen) atoms. The van der Waals surface area contributed by atoms with Gasteiger partial charge in [0.25, 0.3) is 0 Å². The van der Waals surface area contributed by atoms with E-state index in [0.29, 0.717) is 5.69 Å². The fourth-order valence-electron chi connectivity index (χ4n) is 3.28. The molecule has 8 nitrogen and oxygen atoms in total. The number of hydrogen-bond acceptors (Lipinski definition) is 6. The minimum Gasteiger partial charge on any atom is -0.326 e. The second kappa shape index (κ2) is 7.63. The number of benzene rings is 1. The Hall–Kier alpha value is -2.08. The van der Waals surface area contributed by atoms with Crippen molar-refractivity contribution >= 4 is 54.8 Å². The first-order valence-corrected chi connectivity index (χ1v) is 11.4. The summed E-state index contributed by atoms with van der Waals surface area (Å²) < 4.78 is 43.5. The minimum atomic E-state index is -3.99. The Labute approximate surface area is 175 Å². The lowest BCUT2D eigenvalue weighted by Gasteiger charge is -2.33. The number of aryl methyl sites for hydroxylation is 1. The maximum Gasteiger partial charge on any atom is 0.247 e. The average Bonchev–Trinajstić information content (AvgIpc) is 3.28. The highest BCUT2D eigenvalue weighted by atomic mass is 35.5. The minimum absolute atomic E-state index is 0.0111. The second-order valence-corrected chi connectivity index (χ2v) is 9.87. The highest BCUT2D eigenvalue weighted by Crippen LogP contribution is 2.30. The Bertz CT molecular complexity index is 1180. The van der Waals surface area contributed by atoms with E-state index in [4.69, 9.17) is 11.6 Å². The SMILES string of the molecule is Cn1ncc(S(=O)(=O)N2CC[C@H](C(=O)Nc3ccc4scnc4c3)[C@@H](F)C2)c1Cl. The van der Waals surface area contributed by atoms with E-state index in [0.717, 1.165) is 20.7 Å². The number of thiazole rings is 1. The monoisotopic (exact) mass is 457 g/mol. The molecule has 0 radical (unpaired) electrons. The van der Waals surface area contributed by atoms with E-state index in [1.165, 1.54) is 23.1 Å². The predicted octanol–water partition coefficient (Wildman–Crippen LogP) is 2.67. The van der Waals surface area contributed by atoms with Crippen molar-refractivity contribution in [3.05, 3.63) is 35.1 Å². The fourth-order valence-corrected chi connectivity index (χ4v) is 5.81. The lowest BCUT2D eigenvalue weighted by Crippen LogP contribution is -2.48. The van der Waals surface area contributed by atoms with Crippen molar-refractivity contribution in [3.8, 4) is 0 Å². The lowest BCUT2D eigenvalue weighted by atomic mass is 9.95. The summed E-state index contributed by atoms with van der Waals surface area (Å²) in [4.78, 5) is 16.6. The normalized spacial score (nSPS) is 20.8. The van der Waals surface area contributed by atoms with Gasteiger partial charge in [0, 0.05) is 25.8 Å². The maximum absolute atomic E-state index is 14.8. The van der Waals surface area contributed by atoms with Gasteiger partial charge in [0.2, 0.25) is 15.9 Å². The van der Waals surface area contributed by atoms with Crippen LogP contribution in [0.3, 0.4) is 0 Å². The number of aromatic nitrogens is 3. The van der Waals surface area contributed by atoms with Crippen molar-refractivity contribution < 1.29 is 17.6 Å². The molecular formula is C17H17ClFN5O3S2. The van der Waals surface area contributed by atoms with Crippen LogP contribution < -0.4 is 5.32 Å². The first-order valence-electron chi connectivity index (χ1n) is 8.73. The van der Waals surface area contributed by atoms with Crippen LogP contribution in [0.5, 0.6) is 0 Å². The number of alkyl halides is 1. The number of hydrogen-bond donors (Lipinski definition) is 1. The van der Waals surface area contributed by atoms with Crippen LogP contribution in [-0.2, 0) is 21.9 Å². The maximum atomic E-state index is 14.8. The second-order valence-electron chi connectivity index (χ2n) is 6.72. The molecule has 12 heteroatoms. The molecule has 1 N–H and O–H groups in total. The molecule has 1 aliphatic heterocycles. The molecule has 1 saturated heterocycles. The zero-order valence-electron chi connectivity index (χ0n) is 15.2. The van der Waals surface area contributed by atoms with Crippen LogP contribution in [0, 0.1) is 5.92 Å². The molecule has 1 amide bonds. The Morgan fingerprint density at radius 1 is 1.41 bits per heavy atom. The van der Waals surface area contributed by atoms with Gasteiger partial charge < -0.3 is 5.32 Å². The molecule has 0 unspecified atom stereocenters. The van der Waals surface area contributed by atoms with Crippen molar-refractivity contribution in [1.82, 2.24) is 19.1 Å². The van der Waals surface area contributed by atoms with E-state index in [1.807, 2.05) is 6.07 Å². The summed E-state index contributed by atoms with van der Waals surface area (Å²) >= 11 is 7.47. The number of nitrogens with zero attached hydrogens (tertiary/aromatic N) is 4. The summed E-state index contributed by atoms with van der Waals surface area (Å²) in [5.74, 6) is -1.43. The van der Waals surface area contributed by atoms with Crippen molar-refractivity contribution in [2.45, 2.75) is 17.5 Å². The van der Waals surface area contributed by atoms with E-state index < -0.39 is 34.6 Å². The molecule has 0 spiro atoms. The number of nitrogens with one attached hydrogen (secondary N) is 1. The number of fused-ring (bicyclic) bond motifs is 1. The zero-order chi connectivity index (χ0) is 20.8. The fraction of sp³-hybridized carbons (Fsp3) is 0.353. The van der Waals surface area contributed by atoms with E-state index in [1.54, 1.807) is 17.6 Å². The first-order chi connectivity index (χ1) is 13.8. The van der Waals surface area contributed by atoms with Crippen LogP contribution in [0.2, 0.25) is 5.15 Å². The molecule has 3 heterocycles. The molecule has 2 aromatic heterocycles. The standard InChI is InChI=1S/C17H17ClFN5O3S2/c1-23-16(18)15(7-21-23)29(26,27)24-5-4-11(12(19)8-24)17(25)22-10-2-3-14-13(6-10)20-9-28-14/h2-3,6-7,9,11-12H,4-5,8H2,1H3,(H,22,25)/t11-,12-/m0/s1. The van der Waals surface area contributed by atoms with Gasteiger partial charge in [-0.2, -0.15) is 9.40 Å². The molecule has 1 fully saturated rings. The molecule has 1 aromatic carbocycles. The number of anilines is 1. The van der Waals surface area contributed by atoms with Crippen molar-refractivity contribution in [2.24, 2.45) is 13.0 Å². The third-order valence-electron chi connectivity index (χ3n) is 4.89. The summed E-state index contributed by atoms with van der Waals surface area (Å²) in [5.41, 5.74) is 2.98. The number of carbonyl (C=O) groups excluding carboxylic acids is 1.